The number of benzene rings is 1. The minimum Gasteiger partial charge on any atom is -0.491 e. The molecular weight excluding hydrogens is 226 g/mol. The summed E-state index contributed by atoms with van der Waals surface area (Å²) in [7, 11) is 1.68. The van der Waals surface area contributed by atoms with Gasteiger partial charge in [-0.1, -0.05) is 6.92 Å². The average molecular weight is 249 g/mol. The fraction of sp³-hybridized carbons (Fsp3) is 0.600. The lowest BCUT2D eigenvalue weighted by molar-refractivity contribution is 0.146. The van der Waals surface area contributed by atoms with Crippen molar-refractivity contribution >= 4 is 5.69 Å². The van der Waals surface area contributed by atoms with Crippen molar-refractivity contribution in [1.82, 2.24) is 0 Å². The van der Waals surface area contributed by atoms with Crippen LogP contribution in [0.2, 0.25) is 0 Å². The fourth-order valence-electron chi connectivity index (χ4n) is 1.94. The maximum Gasteiger partial charge on any atom is 0.119 e. The summed E-state index contributed by atoms with van der Waals surface area (Å²) in [6.07, 6.45) is 2.67. The molecule has 1 saturated carbocycles. The topological polar surface area (TPSA) is 30.5 Å². The molecule has 18 heavy (non-hydrogen) atoms. The van der Waals surface area contributed by atoms with E-state index in [4.69, 9.17) is 9.47 Å². The summed E-state index contributed by atoms with van der Waals surface area (Å²) in [5.41, 5.74) is 1.66. The normalized spacial score (nSPS) is 18.2. The first-order valence-corrected chi connectivity index (χ1v) is 6.62. The van der Waals surface area contributed by atoms with Crippen molar-refractivity contribution in [3.8, 4) is 5.75 Å². The molecule has 2 rings (SSSR count). The molecule has 100 valence electrons. The SMILES string of the molecule is COCCOc1ccc(NC(C)C2(C)CC2)cc1. The van der Waals surface area contributed by atoms with Gasteiger partial charge in [-0.25, -0.2) is 0 Å². The van der Waals surface area contributed by atoms with Gasteiger partial charge in [0.15, 0.2) is 0 Å². The summed E-state index contributed by atoms with van der Waals surface area (Å²) in [6, 6.07) is 8.67. The zero-order valence-corrected chi connectivity index (χ0v) is 11.5. The van der Waals surface area contributed by atoms with Crippen LogP contribution < -0.4 is 10.1 Å². The van der Waals surface area contributed by atoms with Gasteiger partial charge in [0, 0.05) is 18.8 Å². The lowest BCUT2D eigenvalue weighted by Crippen LogP contribution is -2.24. The van der Waals surface area contributed by atoms with Crippen LogP contribution in [0.1, 0.15) is 26.7 Å². The quantitative estimate of drug-likeness (QED) is 0.752. The summed E-state index contributed by atoms with van der Waals surface area (Å²) in [5, 5.41) is 3.56. The largest absolute Gasteiger partial charge is 0.491 e. The lowest BCUT2D eigenvalue weighted by atomic mass is 10.0. The third kappa shape index (κ3) is 3.39. The van der Waals surface area contributed by atoms with Crippen molar-refractivity contribution in [2.45, 2.75) is 32.7 Å². The second-order valence-corrected chi connectivity index (χ2v) is 5.39. The van der Waals surface area contributed by atoms with E-state index in [-0.39, 0.29) is 0 Å². The minimum absolute atomic E-state index is 0.494. The van der Waals surface area contributed by atoms with Crippen LogP contribution in [0.4, 0.5) is 5.69 Å². The molecule has 0 heterocycles. The van der Waals surface area contributed by atoms with Crippen LogP contribution in [0.5, 0.6) is 5.75 Å². The smallest absolute Gasteiger partial charge is 0.119 e. The highest BCUT2D eigenvalue weighted by molar-refractivity contribution is 5.47. The molecule has 0 spiro atoms. The standard InChI is InChI=1S/C15H23NO2/c1-12(15(2)8-9-15)16-13-4-6-14(7-5-13)18-11-10-17-3/h4-7,12,16H,8-11H2,1-3H3. The van der Waals surface area contributed by atoms with Crippen LogP contribution in [0.25, 0.3) is 0 Å². The van der Waals surface area contributed by atoms with Crippen LogP contribution >= 0.6 is 0 Å². The summed E-state index contributed by atoms with van der Waals surface area (Å²) < 4.78 is 10.5. The van der Waals surface area contributed by atoms with E-state index in [1.54, 1.807) is 7.11 Å². The van der Waals surface area contributed by atoms with E-state index in [2.05, 4.69) is 31.3 Å². The molecular formula is C15H23NO2. The number of hydrogen-bond acceptors (Lipinski definition) is 3. The summed E-state index contributed by atoms with van der Waals surface area (Å²) in [5.74, 6) is 0.892. The Morgan fingerprint density at radius 3 is 2.44 bits per heavy atom. The number of anilines is 1. The van der Waals surface area contributed by atoms with E-state index < -0.39 is 0 Å². The Balaban J connectivity index is 1.83. The van der Waals surface area contributed by atoms with Gasteiger partial charge in [-0.3, -0.25) is 0 Å². The van der Waals surface area contributed by atoms with Gasteiger partial charge in [0.2, 0.25) is 0 Å². The maximum atomic E-state index is 5.53. The van der Waals surface area contributed by atoms with Crippen LogP contribution in [0.3, 0.4) is 0 Å². The predicted molar refractivity (Wildman–Crippen MR) is 74.2 cm³/mol. The molecule has 3 nitrogen and oxygen atoms in total. The van der Waals surface area contributed by atoms with E-state index in [0.717, 1.165) is 11.4 Å². The van der Waals surface area contributed by atoms with E-state index in [9.17, 15) is 0 Å². The van der Waals surface area contributed by atoms with Gasteiger partial charge in [-0.05, 0) is 49.4 Å². The van der Waals surface area contributed by atoms with E-state index in [1.807, 2.05) is 12.1 Å². The number of ether oxygens (including phenoxy) is 2. The Hall–Kier alpha value is -1.22. The van der Waals surface area contributed by atoms with Crippen LogP contribution in [0.15, 0.2) is 24.3 Å². The molecule has 0 aromatic heterocycles. The average Bonchev–Trinajstić information content (AvgIpc) is 3.11. The van der Waals surface area contributed by atoms with Gasteiger partial charge in [0.1, 0.15) is 12.4 Å². The van der Waals surface area contributed by atoms with Crippen LogP contribution in [-0.4, -0.2) is 26.4 Å². The molecule has 0 amide bonds. The third-order valence-corrected chi connectivity index (χ3v) is 3.88. The lowest BCUT2D eigenvalue weighted by Gasteiger charge is -2.21. The Morgan fingerprint density at radius 1 is 1.22 bits per heavy atom. The third-order valence-electron chi connectivity index (χ3n) is 3.88. The van der Waals surface area contributed by atoms with Crippen molar-refractivity contribution in [2.24, 2.45) is 5.41 Å². The number of nitrogens with one attached hydrogen (secondary N) is 1. The molecule has 1 aromatic rings. The molecule has 1 fully saturated rings. The maximum absolute atomic E-state index is 5.53. The molecule has 3 heteroatoms. The van der Waals surface area contributed by atoms with Crippen molar-refractivity contribution < 1.29 is 9.47 Å². The van der Waals surface area contributed by atoms with Crippen LogP contribution in [0, 0.1) is 5.41 Å². The molecule has 1 atom stereocenters. The van der Waals surface area contributed by atoms with E-state index >= 15 is 0 Å². The molecule has 1 aliphatic carbocycles. The molecule has 1 aromatic carbocycles. The number of rotatable bonds is 7. The minimum atomic E-state index is 0.494. The highest BCUT2D eigenvalue weighted by atomic mass is 16.5. The van der Waals surface area contributed by atoms with E-state index in [1.165, 1.54) is 12.8 Å². The zero-order chi connectivity index (χ0) is 13.0. The van der Waals surface area contributed by atoms with Gasteiger partial charge in [-0.15, -0.1) is 0 Å². The predicted octanol–water partition coefficient (Wildman–Crippen LogP) is 3.31. The summed E-state index contributed by atoms with van der Waals surface area (Å²) in [4.78, 5) is 0. The number of methoxy groups -OCH3 is 1. The molecule has 0 saturated heterocycles. The zero-order valence-electron chi connectivity index (χ0n) is 11.5. The number of hydrogen-bond donors (Lipinski definition) is 1. The van der Waals surface area contributed by atoms with Gasteiger partial charge < -0.3 is 14.8 Å². The molecule has 1 aliphatic rings. The first-order chi connectivity index (χ1) is 8.64. The summed E-state index contributed by atoms with van der Waals surface area (Å²) >= 11 is 0. The highest BCUT2D eigenvalue weighted by Crippen LogP contribution is 2.48. The van der Waals surface area contributed by atoms with Crippen molar-refractivity contribution in [2.75, 3.05) is 25.6 Å². The van der Waals surface area contributed by atoms with E-state index in [0.29, 0.717) is 24.7 Å². The van der Waals surface area contributed by atoms with Crippen molar-refractivity contribution in [3.05, 3.63) is 24.3 Å². The molecule has 0 bridgehead atoms. The van der Waals surface area contributed by atoms with Gasteiger partial charge in [0.25, 0.3) is 0 Å². The second kappa shape index (κ2) is 5.61. The summed E-state index contributed by atoms with van der Waals surface area (Å²) in [6.45, 7) is 5.82. The van der Waals surface area contributed by atoms with Gasteiger partial charge in [-0.2, -0.15) is 0 Å². The second-order valence-electron chi connectivity index (χ2n) is 5.39. The van der Waals surface area contributed by atoms with Gasteiger partial charge >= 0.3 is 0 Å². The molecule has 1 unspecified atom stereocenters. The van der Waals surface area contributed by atoms with Crippen molar-refractivity contribution in [3.63, 3.8) is 0 Å². The molecule has 0 radical (unpaired) electrons. The monoisotopic (exact) mass is 249 g/mol. The molecule has 0 aliphatic heterocycles. The fourth-order valence-corrected chi connectivity index (χ4v) is 1.94. The van der Waals surface area contributed by atoms with Gasteiger partial charge in [0.05, 0.1) is 6.61 Å². The first kappa shape index (κ1) is 13.2. The van der Waals surface area contributed by atoms with Crippen molar-refractivity contribution in [1.29, 1.82) is 0 Å². The Morgan fingerprint density at radius 2 is 1.89 bits per heavy atom. The molecule has 1 N–H and O–H groups in total. The Kier molecular flexibility index (Phi) is 4.12. The highest BCUT2D eigenvalue weighted by Gasteiger charge is 2.42. The van der Waals surface area contributed by atoms with Crippen LogP contribution in [-0.2, 0) is 4.74 Å². The Bertz CT molecular complexity index is 371. The first-order valence-electron chi connectivity index (χ1n) is 6.62. The Labute approximate surface area is 109 Å².